The maximum atomic E-state index is 6.24. The summed E-state index contributed by atoms with van der Waals surface area (Å²) in [4.78, 5) is 2.18. The molecule has 0 aliphatic heterocycles. The van der Waals surface area contributed by atoms with E-state index >= 15 is 0 Å². The summed E-state index contributed by atoms with van der Waals surface area (Å²) in [6.45, 7) is 2.12. The zero-order valence-electron chi connectivity index (χ0n) is 10.5. The second-order valence-electron chi connectivity index (χ2n) is 4.22. The van der Waals surface area contributed by atoms with Gasteiger partial charge in [0.2, 0.25) is 0 Å². The third-order valence-corrected chi connectivity index (χ3v) is 3.98. The summed E-state index contributed by atoms with van der Waals surface area (Å²) in [6.07, 6.45) is 0. The van der Waals surface area contributed by atoms with Crippen molar-refractivity contribution in [1.29, 1.82) is 0 Å². The largest absolute Gasteiger partial charge is 0.344 e. The number of rotatable bonds is 3. The molecule has 0 fully saturated rings. The predicted molar refractivity (Wildman–Crippen MR) is 83.3 cm³/mol. The summed E-state index contributed by atoms with van der Waals surface area (Å²) in [5.74, 6) is 0. The molecule has 0 spiro atoms. The van der Waals surface area contributed by atoms with Crippen molar-refractivity contribution in [3.05, 3.63) is 58.6 Å². The van der Waals surface area contributed by atoms with E-state index in [1.54, 1.807) is 0 Å². The molecular formula is C15H15BrClN. The molecule has 0 aliphatic carbocycles. The number of anilines is 2. The van der Waals surface area contributed by atoms with Crippen molar-refractivity contribution in [3.8, 4) is 0 Å². The Labute approximate surface area is 122 Å². The van der Waals surface area contributed by atoms with E-state index in [0.29, 0.717) is 0 Å². The van der Waals surface area contributed by atoms with Crippen LogP contribution in [0.1, 0.15) is 11.1 Å². The van der Waals surface area contributed by atoms with E-state index in [2.05, 4.69) is 65.1 Å². The number of hydrogen-bond donors (Lipinski definition) is 0. The van der Waals surface area contributed by atoms with E-state index in [4.69, 9.17) is 11.6 Å². The summed E-state index contributed by atoms with van der Waals surface area (Å²) in [5.41, 5.74) is 4.70. The summed E-state index contributed by atoms with van der Waals surface area (Å²) < 4.78 is 0. The normalized spacial score (nSPS) is 10.4. The zero-order chi connectivity index (χ0) is 13.1. The molecule has 0 aliphatic rings. The summed E-state index contributed by atoms with van der Waals surface area (Å²) in [5, 5.41) is 1.54. The van der Waals surface area contributed by atoms with Crippen LogP contribution in [0.15, 0.2) is 42.5 Å². The van der Waals surface area contributed by atoms with E-state index in [0.717, 1.165) is 21.6 Å². The van der Waals surface area contributed by atoms with Gasteiger partial charge in [0.15, 0.2) is 0 Å². The molecule has 0 radical (unpaired) electrons. The van der Waals surface area contributed by atoms with Crippen molar-refractivity contribution in [2.45, 2.75) is 12.3 Å². The minimum Gasteiger partial charge on any atom is -0.344 e. The number of aryl methyl sites for hydroxylation is 1. The first-order chi connectivity index (χ1) is 8.65. The van der Waals surface area contributed by atoms with Crippen molar-refractivity contribution in [2.75, 3.05) is 11.9 Å². The summed E-state index contributed by atoms with van der Waals surface area (Å²) in [7, 11) is 2.07. The quantitative estimate of drug-likeness (QED) is 0.691. The Hall–Kier alpha value is -0.990. The maximum Gasteiger partial charge on any atom is 0.0467 e. The molecule has 1 nitrogen and oxygen atoms in total. The average molecular weight is 325 g/mol. The van der Waals surface area contributed by atoms with Gasteiger partial charge in [-0.25, -0.2) is 0 Å². The van der Waals surface area contributed by atoms with Gasteiger partial charge in [-0.2, -0.15) is 0 Å². The molecule has 0 amide bonds. The van der Waals surface area contributed by atoms with E-state index in [1.165, 1.54) is 11.3 Å². The molecule has 2 aromatic rings. The maximum absolute atomic E-state index is 6.24. The predicted octanol–water partition coefficient (Wildman–Crippen LogP) is 5.31. The third kappa shape index (κ3) is 2.55. The Morgan fingerprint density at radius 2 is 1.72 bits per heavy atom. The molecule has 18 heavy (non-hydrogen) atoms. The molecular weight excluding hydrogens is 310 g/mol. The lowest BCUT2D eigenvalue weighted by atomic mass is 10.1. The third-order valence-electron chi connectivity index (χ3n) is 3.07. The van der Waals surface area contributed by atoms with Gasteiger partial charge in [0.05, 0.1) is 0 Å². The highest BCUT2D eigenvalue weighted by atomic mass is 79.9. The zero-order valence-corrected chi connectivity index (χ0v) is 12.8. The molecule has 2 aromatic carbocycles. The van der Waals surface area contributed by atoms with Gasteiger partial charge in [-0.15, -0.1) is 0 Å². The highest BCUT2D eigenvalue weighted by Crippen LogP contribution is 2.34. The molecule has 0 saturated carbocycles. The van der Waals surface area contributed by atoms with Crippen LogP contribution in [-0.4, -0.2) is 7.05 Å². The standard InChI is InChI=1S/C15H15BrClN/c1-11-6-3-4-8-14(11)18(2)15-9-5-7-13(17)12(15)10-16/h3-9H,10H2,1-2H3. The number of alkyl halides is 1. The average Bonchev–Trinajstić information content (AvgIpc) is 2.38. The number of benzene rings is 2. The fourth-order valence-electron chi connectivity index (χ4n) is 2.06. The number of hydrogen-bond acceptors (Lipinski definition) is 1. The number of para-hydroxylation sites is 1. The molecule has 0 saturated heterocycles. The molecule has 0 atom stereocenters. The highest BCUT2D eigenvalue weighted by Gasteiger charge is 2.12. The van der Waals surface area contributed by atoms with Crippen molar-refractivity contribution in [3.63, 3.8) is 0 Å². The van der Waals surface area contributed by atoms with Crippen LogP contribution in [0, 0.1) is 6.92 Å². The van der Waals surface area contributed by atoms with Crippen molar-refractivity contribution < 1.29 is 0 Å². The van der Waals surface area contributed by atoms with Crippen LogP contribution in [0.3, 0.4) is 0 Å². The number of nitrogens with zero attached hydrogens (tertiary/aromatic N) is 1. The minimum absolute atomic E-state index is 0.748. The molecule has 0 heterocycles. The van der Waals surface area contributed by atoms with Crippen LogP contribution < -0.4 is 4.90 Å². The van der Waals surface area contributed by atoms with E-state index in [1.807, 2.05) is 12.1 Å². The van der Waals surface area contributed by atoms with Crippen molar-refractivity contribution >= 4 is 38.9 Å². The van der Waals surface area contributed by atoms with E-state index < -0.39 is 0 Å². The molecule has 3 heteroatoms. The Morgan fingerprint density at radius 1 is 1.06 bits per heavy atom. The molecule has 0 unspecified atom stereocenters. The first-order valence-electron chi connectivity index (χ1n) is 5.78. The van der Waals surface area contributed by atoms with Crippen molar-refractivity contribution in [1.82, 2.24) is 0 Å². The molecule has 2 rings (SSSR count). The smallest absolute Gasteiger partial charge is 0.0467 e. The van der Waals surface area contributed by atoms with Crippen LogP contribution in [0.4, 0.5) is 11.4 Å². The van der Waals surface area contributed by atoms with Gasteiger partial charge >= 0.3 is 0 Å². The van der Waals surface area contributed by atoms with Gasteiger partial charge in [0, 0.05) is 34.3 Å². The molecule has 94 valence electrons. The summed E-state index contributed by atoms with van der Waals surface area (Å²) in [6, 6.07) is 14.3. The van der Waals surface area contributed by atoms with Gasteiger partial charge in [-0.05, 0) is 30.7 Å². The molecule has 0 bridgehead atoms. The second-order valence-corrected chi connectivity index (χ2v) is 5.18. The van der Waals surface area contributed by atoms with E-state index in [-0.39, 0.29) is 0 Å². The Balaban J connectivity index is 2.50. The van der Waals surface area contributed by atoms with Crippen LogP contribution in [0.25, 0.3) is 0 Å². The van der Waals surface area contributed by atoms with Crippen LogP contribution in [-0.2, 0) is 5.33 Å². The Bertz CT molecular complexity index is 554. The first-order valence-corrected chi connectivity index (χ1v) is 7.28. The fraction of sp³-hybridized carbons (Fsp3) is 0.200. The summed E-state index contributed by atoms with van der Waals surface area (Å²) >= 11 is 9.75. The van der Waals surface area contributed by atoms with Crippen LogP contribution in [0.5, 0.6) is 0 Å². The van der Waals surface area contributed by atoms with Gasteiger partial charge in [-0.1, -0.05) is 51.8 Å². The fourth-order valence-corrected chi connectivity index (χ4v) is 3.05. The SMILES string of the molecule is Cc1ccccc1N(C)c1cccc(Cl)c1CBr. The second kappa shape index (κ2) is 5.77. The number of halogens is 2. The van der Waals surface area contributed by atoms with Gasteiger partial charge in [0.25, 0.3) is 0 Å². The van der Waals surface area contributed by atoms with Crippen LogP contribution >= 0.6 is 27.5 Å². The van der Waals surface area contributed by atoms with Crippen molar-refractivity contribution in [2.24, 2.45) is 0 Å². The lowest BCUT2D eigenvalue weighted by molar-refractivity contribution is 1.16. The van der Waals surface area contributed by atoms with Crippen LogP contribution in [0.2, 0.25) is 5.02 Å². The monoisotopic (exact) mass is 323 g/mol. The van der Waals surface area contributed by atoms with Gasteiger partial charge < -0.3 is 4.90 Å². The lowest BCUT2D eigenvalue weighted by Gasteiger charge is -2.24. The van der Waals surface area contributed by atoms with Gasteiger partial charge in [-0.3, -0.25) is 0 Å². The first kappa shape index (κ1) is 13.4. The highest BCUT2D eigenvalue weighted by molar-refractivity contribution is 9.08. The Morgan fingerprint density at radius 3 is 2.39 bits per heavy atom. The minimum atomic E-state index is 0.748. The lowest BCUT2D eigenvalue weighted by Crippen LogP contribution is -2.12. The topological polar surface area (TPSA) is 3.24 Å². The van der Waals surface area contributed by atoms with E-state index in [9.17, 15) is 0 Å². The molecule has 0 N–H and O–H groups in total. The molecule has 0 aromatic heterocycles. The van der Waals surface area contributed by atoms with Gasteiger partial charge in [0.1, 0.15) is 0 Å². The Kier molecular flexibility index (Phi) is 4.31.